The number of hydrogen-bond acceptors (Lipinski definition) is 5. The summed E-state index contributed by atoms with van der Waals surface area (Å²) in [5.74, 6) is 0. The molecule has 84 valence electrons. The predicted octanol–water partition coefficient (Wildman–Crippen LogP) is 1.72. The fourth-order valence-corrected chi connectivity index (χ4v) is 2.14. The van der Waals surface area contributed by atoms with Gasteiger partial charge in [-0.1, -0.05) is 0 Å². The molecule has 4 nitrogen and oxygen atoms in total. The van der Waals surface area contributed by atoms with E-state index in [9.17, 15) is 0 Å². The van der Waals surface area contributed by atoms with Gasteiger partial charge in [0.15, 0.2) is 0 Å². The summed E-state index contributed by atoms with van der Waals surface area (Å²) in [6, 6.07) is 3.70. The van der Waals surface area contributed by atoms with E-state index in [2.05, 4.69) is 15.3 Å². The van der Waals surface area contributed by atoms with E-state index in [0.29, 0.717) is 6.54 Å². The first-order chi connectivity index (χ1) is 7.77. The van der Waals surface area contributed by atoms with Gasteiger partial charge in [-0.25, -0.2) is 4.98 Å². The summed E-state index contributed by atoms with van der Waals surface area (Å²) in [6.07, 6.45) is 1.76. The van der Waals surface area contributed by atoms with Crippen LogP contribution in [0.5, 0.6) is 0 Å². The molecule has 0 fully saturated rings. The van der Waals surface area contributed by atoms with Gasteiger partial charge in [0.2, 0.25) is 0 Å². The van der Waals surface area contributed by atoms with Crippen molar-refractivity contribution in [1.82, 2.24) is 15.3 Å². The lowest BCUT2D eigenvalue weighted by atomic mass is 10.3. The average Bonchev–Trinajstić information content (AvgIpc) is 2.67. The maximum absolute atomic E-state index is 5.80. The lowest BCUT2D eigenvalue weighted by molar-refractivity contribution is 0.685. The molecule has 0 unspecified atom stereocenters. The third-order valence-corrected chi connectivity index (χ3v) is 3.28. The molecular weight excluding hydrogens is 220 g/mol. The molecule has 0 aromatic carbocycles. The van der Waals surface area contributed by atoms with Crippen molar-refractivity contribution in [2.75, 3.05) is 5.73 Å². The lowest BCUT2D eigenvalue weighted by Crippen LogP contribution is -2.14. The summed E-state index contributed by atoms with van der Waals surface area (Å²) in [7, 11) is 0. The maximum Gasteiger partial charge on any atom is 0.0798 e. The number of pyridine rings is 1. The van der Waals surface area contributed by atoms with E-state index < -0.39 is 0 Å². The molecule has 3 N–H and O–H groups in total. The average molecular weight is 234 g/mol. The van der Waals surface area contributed by atoms with Crippen LogP contribution in [0.4, 0.5) is 5.69 Å². The zero-order valence-corrected chi connectivity index (χ0v) is 9.92. The molecule has 0 aliphatic heterocycles. The molecular formula is C11H14N4S. The number of thiazole rings is 1. The highest BCUT2D eigenvalue weighted by Crippen LogP contribution is 2.12. The number of aryl methyl sites for hydroxylation is 1. The van der Waals surface area contributed by atoms with Crippen molar-refractivity contribution >= 4 is 17.0 Å². The number of nitrogens with zero attached hydrogens (tertiary/aromatic N) is 2. The second-order valence-electron chi connectivity index (χ2n) is 3.50. The van der Waals surface area contributed by atoms with Crippen molar-refractivity contribution in [2.45, 2.75) is 20.0 Å². The molecule has 2 heterocycles. The Morgan fingerprint density at radius 2 is 2.25 bits per heavy atom. The van der Waals surface area contributed by atoms with Crippen LogP contribution in [0, 0.1) is 6.92 Å². The molecule has 2 aromatic rings. The molecule has 0 spiro atoms. The molecule has 2 rings (SSSR count). The Balaban J connectivity index is 1.89. The molecule has 0 bridgehead atoms. The predicted molar refractivity (Wildman–Crippen MR) is 66.0 cm³/mol. The SMILES string of the molecule is Cc1ncsc1CNCc1ncccc1N. The van der Waals surface area contributed by atoms with Gasteiger partial charge >= 0.3 is 0 Å². The third kappa shape index (κ3) is 2.56. The van der Waals surface area contributed by atoms with Gasteiger partial charge in [-0.2, -0.15) is 0 Å². The minimum absolute atomic E-state index is 0.685. The molecule has 0 amide bonds. The molecule has 0 saturated carbocycles. The third-order valence-electron chi connectivity index (χ3n) is 2.35. The summed E-state index contributed by atoms with van der Waals surface area (Å²) in [4.78, 5) is 9.68. The fraction of sp³-hybridized carbons (Fsp3) is 0.273. The molecule has 0 radical (unpaired) electrons. The Morgan fingerprint density at radius 3 is 2.94 bits per heavy atom. The van der Waals surface area contributed by atoms with Crippen LogP contribution in [0.15, 0.2) is 23.8 Å². The minimum Gasteiger partial charge on any atom is -0.397 e. The van der Waals surface area contributed by atoms with Gasteiger partial charge in [-0.3, -0.25) is 4.98 Å². The van der Waals surface area contributed by atoms with Crippen LogP contribution in [0.2, 0.25) is 0 Å². The molecule has 0 aliphatic carbocycles. The largest absolute Gasteiger partial charge is 0.397 e. The zero-order chi connectivity index (χ0) is 11.4. The van der Waals surface area contributed by atoms with Crippen molar-refractivity contribution < 1.29 is 0 Å². The standard InChI is InChI=1S/C11H14N4S/c1-8-11(16-7-15-8)6-13-5-10-9(12)3-2-4-14-10/h2-4,7,13H,5-6,12H2,1H3. The van der Waals surface area contributed by atoms with E-state index in [4.69, 9.17) is 5.73 Å². The van der Waals surface area contributed by atoms with Crippen LogP contribution in [-0.4, -0.2) is 9.97 Å². The first-order valence-electron chi connectivity index (χ1n) is 5.06. The van der Waals surface area contributed by atoms with Crippen LogP contribution in [0.3, 0.4) is 0 Å². The Kier molecular flexibility index (Phi) is 3.48. The van der Waals surface area contributed by atoms with Crippen molar-refractivity contribution in [1.29, 1.82) is 0 Å². The van der Waals surface area contributed by atoms with Crippen LogP contribution in [0.25, 0.3) is 0 Å². The van der Waals surface area contributed by atoms with Crippen LogP contribution in [-0.2, 0) is 13.1 Å². The lowest BCUT2D eigenvalue weighted by Gasteiger charge is -2.05. The van der Waals surface area contributed by atoms with E-state index in [1.165, 1.54) is 4.88 Å². The van der Waals surface area contributed by atoms with Gasteiger partial charge in [0.25, 0.3) is 0 Å². The number of anilines is 1. The quantitative estimate of drug-likeness (QED) is 0.845. The zero-order valence-electron chi connectivity index (χ0n) is 9.10. The highest BCUT2D eigenvalue weighted by molar-refractivity contribution is 7.09. The van der Waals surface area contributed by atoms with Crippen LogP contribution < -0.4 is 11.1 Å². The topological polar surface area (TPSA) is 63.8 Å². The smallest absolute Gasteiger partial charge is 0.0798 e. The number of aromatic nitrogens is 2. The summed E-state index contributed by atoms with van der Waals surface area (Å²) in [5.41, 5.74) is 10.4. The Bertz CT molecular complexity index is 467. The van der Waals surface area contributed by atoms with Crippen molar-refractivity contribution in [3.63, 3.8) is 0 Å². The van der Waals surface area contributed by atoms with Crippen molar-refractivity contribution in [3.05, 3.63) is 40.1 Å². The number of nitrogen functional groups attached to an aromatic ring is 1. The van der Waals surface area contributed by atoms with Crippen LogP contribution in [0.1, 0.15) is 16.3 Å². The van der Waals surface area contributed by atoms with E-state index in [0.717, 1.165) is 23.6 Å². The Morgan fingerprint density at radius 1 is 1.38 bits per heavy atom. The number of nitrogens with two attached hydrogens (primary N) is 1. The summed E-state index contributed by atoms with van der Waals surface area (Å²) < 4.78 is 0. The summed E-state index contributed by atoms with van der Waals surface area (Å²) in [5, 5.41) is 3.31. The number of hydrogen-bond donors (Lipinski definition) is 2. The van der Waals surface area contributed by atoms with Crippen molar-refractivity contribution in [3.8, 4) is 0 Å². The number of rotatable bonds is 4. The molecule has 0 aliphatic rings. The molecule has 5 heteroatoms. The van der Waals surface area contributed by atoms with Crippen LogP contribution >= 0.6 is 11.3 Å². The molecule has 2 aromatic heterocycles. The number of nitrogens with one attached hydrogen (secondary N) is 1. The summed E-state index contributed by atoms with van der Waals surface area (Å²) in [6.45, 7) is 3.51. The van der Waals surface area contributed by atoms with Gasteiger partial charge in [0, 0.05) is 24.2 Å². The van der Waals surface area contributed by atoms with Crippen molar-refractivity contribution in [2.24, 2.45) is 0 Å². The van der Waals surface area contributed by atoms with E-state index in [-0.39, 0.29) is 0 Å². The van der Waals surface area contributed by atoms with E-state index >= 15 is 0 Å². The molecule has 0 atom stereocenters. The van der Waals surface area contributed by atoms with Gasteiger partial charge in [0.05, 0.1) is 22.6 Å². The molecule has 0 saturated heterocycles. The van der Waals surface area contributed by atoms with E-state index in [1.54, 1.807) is 17.5 Å². The monoisotopic (exact) mass is 234 g/mol. The second kappa shape index (κ2) is 5.05. The fourth-order valence-electron chi connectivity index (χ4n) is 1.39. The Hall–Kier alpha value is -1.46. The minimum atomic E-state index is 0.685. The van der Waals surface area contributed by atoms with Gasteiger partial charge in [-0.15, -0.1) is 11.3 Å². The first-order valence-corrected chi connectivity index (χ1v) is 5.94. The molecule has 16 heavy (non-hydrogen) atoms. The van der Waals surface area contributed by atoms with Gasteiger partial charge < -0.3 is 11.1 Å². The Labute approximate surface area is 98.6 Å². The first kappa shape index (κ1) is 11.0. The van der Waals surface area contributed by atoms with Gasteiger partial charge in [-0.05, 0) is 19.1 Å². The highest BCUT2D eigenvalue weighted by atomic mass is 32.1. The second-order valence-corrected chi connectivity index (χ2v) is 4.44. The highest BCUT2D eigenvalue weighted by Gasteiger charge is 2.02. The maximum atomic E-state index is 5.80. The normalized spacial score (nSPS) is 10.6. The van der Waals surface area contributed by atoms with Gasteiger partial charge in [0.1, 0.15) is 0 Å². The summed E-state index contributed by atoms with van der Waals surface area (Å²) >= 11 is 1.66. The van der Waals surface area contributed by atoms with E-state index in [1.807, 2.05) is 24.6 Å².